The second kappa shape index (κ2) is 17.2. The minimum atomic E-state index is 0.692. The third kappa shape index (κ3) is 6.93. The van der Waals surface area contributed by atoms with Gasteiger partial charge in [-0.3, -0.25) is 0 Å². The van der Waals surface area contributed by atoms with Crippen LogP contribution in [0.15, 0.2) is 218 Å². The van der Waals surface area contributed by atoms with Gasteiger partial charge in [0.15, 0.2) is 0 Å². The Morgan fingerprint density at radius 1 is 0.306 bits per heavy atom. The summed E-state index contributed by atoms with van der Waals surface area (Å²) in [6.45, 7) is 8.92. The number of aromatic nitrogens is 2. The van der Waals surface area contributed by atoms with Crippen LogP contribution in [-0.4, -0.2) is 9.13 Å². The van der Waals surface area contributed by atoms with Crippen molar-refractivity contribution in [3.05, 3.63) is 246 Å². The van der Waals surface area contributed by atoms with Crippen LogP contribution in [0.3, 0.4) is 0 Å². The Morgan fingerprint density at radius 2 is 0.778 bits per heavy atom. The maximum Gasteiger partial charge on any atom is 0.0726 e. The molecule has 0 unspecified atom stereocenters. The predicted octanol–water partition coefficient (Wildman–Crippen LogP) is 19.5. The quantitative estimate of drug-likeness (QED) is 0.151. The molecule has 0 aliphatic heterocycles. The van der Waals surface area contributed by atoms with E-state index in [1.54, 1.807) is 0 Å². The fraction of sp³-hybridized carbons (Fsp3) is 0.0725. The zero-order chi connectivity index (χ0) is 48.8. The highest BCUT2D eigenvalue weighted by atomic mass is 35.5. The molecule has 0 spiro atoms. The topological polar surface area (TPSA) is 9.86 Å². The van der Waals surface area contributed by atoms with Crippen molar-refractivity contribution in [3.63, 3.8) is 0 Å². The second-order valence-electron chi connectivity index (χ2n) is 19.6. The lowest BCUT2D eigenvalue weighted by atomic mass is 9.89. The average Bonchev–Trinajstić information content (AvgIpc) is 3.89. The molecule has 0 bridgehead atoms. The number of hydrogen-bond acceptors (Lipinski definition) is 0. The molecular weight excluding hydrogens is 892 g/mol. The van der Waals surface area contributed by atoms with Gasteiger partial charge in [0.1, 0.15) is 0 Å². The molecule has 72 heavy (non-hydrogen) atoms. The summed E-state index contributed by atoms with van der Waals surface area (Å²) in [6, 6.07) is 80.2. The molecule has 3 heteroatoms. The highest BCUT2D eigenvalue weighted by Crippen LogP contribution is 2.49. The molecule has 0 atom stereocenters. The molecule has 2 aromatic heterocycles. The van der Waals surface area contributed by atoms with E-state index in [1.165, 1.54) is 93.5 Å². The number of hydrogen-bond donors (Lipinski definition) is 0. The van der Waals surface area contributed by atoms with Crippen molar-refractivity contribution in [3.8, 4) is 72.4 Å². The molecule has 0 aliphatic rings. The van der Waals surface area contributed by atoms with E-state index in [9.17, 15) is 0 Å². The minimum absolute atomic E-state index is 0.692. The molecule has 13 rings (SSSR count). The molecule has 0 aliphatic carbocycles. The highest BCUT2D eigenvalue weighted by molar-refractivity contribution is 6.37. The molecule has 2 heterocycles. The van der Waals surface area contributed by atoms with Crippen LogP contribution in [0.2, 0.25) is 5.02 Å². The Kier molecular flexibility index (Phi) is 10.4. The molecule has 0 amide bonds. The zero-order valence-electron chi connectivity index (χ0n) is 41.1. The van der Waals surface area contributed by atoms with Crippen molar-refractivity contribution in [1.29, 1.82) is 0 Å². The Balaban J connectivity index is 1.17. The summed E-state index contributed by atoms with van der Waals surface area (Å²) in [6.07, 6.45) is 0. The SMILES string of the molecule is Cc1cccc(C)c1-c1ccc2c(c1)c1cc(-c3c(C)cccc3C)c3ccccc3c1n2-c1cc(-c2ccccc2)cc(-c2cc(-c3ccccc3)cc3c4cc(-c5ccccc5)ccc4n(C)c23)c1Cl. The number of aryl methyl sites for hydroxylation is 5. The lowest BCUT2D eigenvalue weighted by Gasteiger charge is -2.20. The smallest absolute Gasteiger partial charge is 0.0726 e. The van der Waals surface area contributed by atoms with Crippen LogP contribution in [0, 0.1) is 27.7 Å². The van der Waals surface area contributed by atoms with Gasteiger partial charge in [-0.1, -0.05) is 175 Å². The van der Waals surface area contributed by atoms with E-state index >= 15 is 0 Å². The first-order valence-electron chi connectivity index (χ1n) is 24.9. The minimum Gasteiger partial charge on any atom is -0.343 e. The molecule has 13 aromatic rings. The monoisotopic (exact) mass is 942 g/mol. The van der Waals surface area contributed by atoms with Crippen molar-refractivity contribution in [2.24, 2.45) is 7.05 Å². The van der Waals surface area contributed by atoms with Crippen molar-refractivity contribution in [2.75, 3.05) is 0 Å². The van der Waals surface area contributed by atoms with Gasteiger partial charge in [-0.25, -0.2) is 0 Å². The molecule has 11 aromatic carbocycles. The van der Waals surface area contributed by atoms with E-state index in [4.69, 9.17) is 11.6 Å². The van der Waals surface area contributed by atoms with Crippen LogP contribution in [0.25, 0.3) is 127 Å². The van der Waals surface area contributed by atoms with Gasteiger partial charge in [-0.05, 0) is 166 Å². The van der Waals surface area contributed by atoms with E-state index in [0.717, 1.165) is 55.6 Å². The Hall–Kier alpha value is -8.43. The Labute approximate surface area is 425 Å². The molecule has 344 valence electrons. The summed E-state index contributed by atoms with van der Waals surface area (Å²) >= 11 is 8.31. The number of nitrogens with zero attached hydrogens (tertiary/aromatic N) is 2. The lowest BCUT2D eigenvalue weighted by Crippen LogP contribution is -2.00. The summed E-state index contributed by atoms with van der Waals surface area (Å²) in [4.78, 5) is 0. The summed E-state index contributed by atoms with van der Waals surface area (Å²) in [5, 5.41) is 7.84. The molecular formula is C69H51ClN2. The third-order valence-electron chi connectivity index (χ3n) is 15.3. The summed E-state index contributed by atoms with van der Waals surface area (Å²) in [5.41, 5.74) is 24.4. The van der Waals surface area contributed by atoms with E-state index < -0.39 is 0 Å². The van der Waals surface area contributed by atoms with Crippen LogP contribution in [0.4, 0.5) is 0 Å². The van der Waals surface area contributed by atoms with Crippen LogP contribution >= 0.6 is 11.6 Å². The first-order chi connectivity index (χ1) is 35.2. The van der Waals surface area contributed by atoms with Gasteiger partial charge in [-0.15, -0.1) is 0 Å². The zero-order valence-corrected chi connectivity index (χ0v) is 41.8. The number of halogens is 1. The number of fused-ring (bicyclic) bond motifs is 8. The largest absolute Gasteiger partial charge is 0.343 e. The van der Waals surface area contributed by atoms with Gasteiger partial charge in [0.05, 0.1) is 27.3 Å². The maximum absolute atomic E-state index is 8.31. The summed E-state index contributed by atoms with van der Waals surface area (Å²) < 4.78 is 4.84. The van der Waals surface area contributed by atoms with Gasteiger partial charge in [-0.2, -0.15) is 0 Å². The van der Waals surface area contributed by atoms with E-state index in [1.807, 2.05) is 0 Å². The maximum atomic E-state index is 8.31. The van der Waals surface area contributed by atoms with Crippen molar-refractivity contribution < 1.29 is 0 Å². The van der Waals surface area contributed by atoms with Gasteiger partial charge in [0.25, 0.3) is 0 Å². The van der Waals surface area contributed by atoms with Crippen LogP contribution in [-0.2, 0) is 7.05 Å². The fourth-order valence-corrected chi connectivity index (χ4v) is 12.2. The van der Waals surface area contributed by atoms with Crippen LogP contribution < -0.4 is 0 Å². The van der Waals surface area contributed by atoms with Crippen molar-refractivity contribution in [2.45, 2.75) is 27.7 Å². The molecule has 0 saturated heterocycles. The lowest BCUT2D eigenvalue weighted by molar-refractivity contribution is 1.02. The first kappa shape index (κ1) is 43.6. The molecule has 0 saturated carbocycles. The molecule has 2 nitrogen and oxygen atoms in total. The van der Waals surface area contributed by atoms with Gasteiger partial charge >= 0.3 is 0 Å². The average molecular weight is 944 g/mol. The number of rotatable bonds is 7. The normalized spacial score (nSPS) is 11.8. The molecule has 0 N–H and O–H groups in total. The second-order valence-corrected chi connectivity index (χ2v) is 20.0. The van der Waals surface area contributed by atoms with Crippen molar-refractivity contribution >= 4 is 66.0 Å². The van der Waals surface area contributed by atoms with E-state index in [2.05, 4.69) is 262 Å². The highest BCUT2D eigenvalue weighted by Gasteiger charge is 2.26. The standard InChI is InChI=1S/C69H51ClN2/c1-42-19-17-20-43(2)65(42)50-32-34-63-56(36-50)61-41-57(66-44(3)21-18-22-45(66)4)53-29-15-16-30-54(53)69(61)72(63)64-40-52(48-27-13-8-14-28-48)37-58(67(64)70)60-39-51(47-25-11-7-12-26-47)38-59-55-35-49(46-23-9-6-10-24-46)31-33-62(55)71(5)68(59)60/h6-41H,1-5H3. The Bertz CT molecular complexity index is 4270. The van der Waals surface area contributed by atoms with Crippen LogP contribution in [0.1, 0.15) is 22.3 Å². The van der Waals surface area contributed by atoms with Gasteiger partial charge in [0, 0.05) is 50.6 Å². The number of benzene rings is 11. The molecule has 0 radical (unpaired) electrons. The van der Waals surface area contributed by atoms with Crippen LogP contribution in [0.5, 0.6) is 0 Å². The van der Waals surface area contributed by atoms with E-state index in [0.29, 0.717) is 5.02 Å². The first-order valence-corrected chi connectivity index (χ1v) is 25.3. The predicted molar refractivity (Wildman–Crippen MR) is 309 cm³/mol. The third-order valence-corrected chi connectivity index (χ3v) is 15.7. The summed E-state index contributed by atoms with van der Waals surface area (Å²) in [7, 11) is 2.20. The molecule has 0 fully saturated rings. The van der Waals surface area contributed by atoms with E-state index in [-0.39, 0.29) is 0 Å². The Morgan fingerprint density at radius 3 is 1.42 bits per heavy atom. The summed E-state index contributed by atoms with van der Waals surface area (Å²) in [5.74, 6) is 0. The van der Waals surface area contributed by atoms with Crippen molar-refractivity contribution in [1.82, 2.24) is 9.13 Å². The van der Waals surface area contributed by atoms with Gasteiger partial charge in [0.2, 0.25) is 0 Å². The fourth-order valence-electron chi connectivity index (χ4n) is 11.9. The van der Waals surface area contributed by atoms with Gasteiger partial charge < -0.3 is 9.13 Å².